The number of methoxy groups -OCH3 is 1. The molecule has 8 nitrogen and oxygen atoms in total. The summed E-state index contributed by atoms with van der Waals surface area (Å²) in [6.07, 6.45) is 3.48. The molecular formula is C24H31N5O3. The van der Waals surface area contributed by atoms with Crippen LogP contribution in [-0.4, -0.2) is 58.8 Å². The van der Waals surface area contributed by atoms with Gasteiger partial charge >= 0.3 is 0 Å². The summed E-state index contributed by atoms with van der Waals surface area (Å²) in [6.45, 7) is 5.32. The second kappa shape index (κ2) is 9.14. The lowest BCUT2D eigenvalue weighted by Crippen LogP contribution is -2.40. The molecule has 1 aromatic heterocycles. The third-order valence-electron chi connectivity index (χ3n) is 6.47. The normalized spacial score (nSPS) is 18.2. The number of piperidine rings is 1. The van der Waals surface area contributed by atoms with Crippen LogP contribution < -0.4 is 10.1 Å². The van der Waals surface area contributed by atoms with Crippen molar-refractivity contribution in [2.45, 2.75) is 52.1 Å². The van der Waals surface area contributed by atoms with Crippen LogP contribution in [0.25, 0.3) is 0 Å². The number of rotatable bonds is 4. The zero-order chi connectivity index (χ0) is 22.8. The number of amides is 2. The summed E-state index contributed by atoms with van der Waals surface area (Å²) in [5.41, 5.74) is 3.42. The molecule has 1 aromatic carbocycles. The molecule has 1 atom stereocenters. The third-order valence-corrected chi connectivity index (χ3v) is 6.47. The van der Waals surface area contributed by atoms with Crippen LogP contribution in [0.2, 0.25) is 0 Å². The number of nitrogens with one attached hydrogen (secondary N) is 1. The molecular weight excluding hydrogens is 406 g/mol. The smallest absolute Gasteiger partial charge is 0.258 e. The summed E-state index contributed by atoms with van der Waals surface area (Å²) in [4.78, 5) is 39.0. The van der Waals surface area contributed by atoms with Gasteiger partial charge in [-0.3, -0.25) is 9.59 Å². The number of benzene rings is 1. The van der Waals surface area contributed by atoms with E-state index < -0.39 is 0 Å². The number of aromatic nitrogens is 2. The summed E-state index contributed by atoms with van der Waals surface area (Å²) in [6, 6.07) is 5.42. The van der Waals surface area contributed by atoms with Crippen LogP contribution in [-0.2, 0) is 17.8 Å². The largest absolute Gasteiger partial charge is 0.496 e. The molecule has 1 N–H and O–H groups in total. The van der Waals surface area contributed by atoms with Crippen molar-refractivity contribution >= 4 is 17.6 Å². The average molecular weight is 438 g/mol. The molecule has 0 radical (unpaired) electrons. The van der Waals surface area contributed by atoms with Crippen molar-refractivity contribution in [1.82, 2.24) is 19.8 Å². The molecule has 0 spiro atoms. The first-order valence-corrected chi connectivity index (χ1v) is 11.2. The first kappa shape index (κ1) is 22.0. The van der Waals surface area contributed by atoms with E-state index in [0.717, 1.165) is 48.3 Å². The number of ether oxygens (including phenoxy) is 1. The Kier molecular flexibility index (Phi) is 6.30. The highest BCUT2D eigenvalue weighted by Crippen LogP contribution is 2.35. The summed E-state index contributed by atoms with van der Waals surface area (Å²) in [7, 11) is 3.45. The van der Waals surface area contributed by atoms with Crippen molar-refractivity contribution in [1.29, 1.82) is 0 Å². The lowest BCUT2D eigenvalue weighted by molar-refractivity contribution is -0.129. The number of carbonyl (C=O) groups excluding carboxylic acids is 2. The van der Waals surface area contributed by atoms with Crippen molar-refractivity contribution in [2.24, 2.45) is 0 Å². The summed E-state index contributed by atoms with van der Waals surface area (Å²) >= 11 is 0. The molecule has 1 fully saturated rings. The molecule has 3 heterocycles. The molecule has 2 aliphatic rings. The van der Waals surface area contributed by atoms with Crippen LogP contribution in [0.15, 0.2) is 18.2 Å². The van der Waals surface area contributed by atoms with E-state index in [-0.39, 0.29) is 17.9 Å². The Morgan fingerprint density at radius 2 is 2.00 bits per heavy atom. The maximum atomic E-state index is 13.6. The van der Waals surface area contributed by atoms with Crippen molar-refractivity contribution in [3.8, 4) is 5.75 Å². The molecule has 2 aromatic rings. The number of hydrogen-bond acceptors (Lipinski definition) is 6. The Balaban J connectivity index is 1.72. The first-order chi connectivity index (χ1) is 15.4. The number of para-hydroxylation sites is 1. The molecule has 1 saturated heterocycles. The van der Waals surface area contributed by atoms with Crippen LogP contribution in [0.5, 0.6) is 5.75 Å². The predicted octanol–water partition coefficient (Wildman–Crippen LogP) is 3.11. The highest BCUT2D eigenvalue weighted by molar-refractivity contribution is 5.97. The van der Waals surface area contributed by atoms with E-state index in [1.165, 1.54) is 0 Å². The third kappa shape index (κ3) is 4.01. The van der Waals surface area contributed by atoms with Gasteiger partial charge in [0.25, 0.3) is 5.91 Å². The molecule has 2 aliphatic heterocycles. The van der Waals surface area contributed by atoms with Crippen LogP contribution in [0, 0.1) is 6.92 Å². The van der Waals surface area contributed by atoms with Crippen LogP contribution >= 0.6 is 0 Å². The minimum Gasteiger partial charge on any atom is -0.496 e. The molecule has 32 heavy (non-hydrogen) atoms. The van der Waals surface area contributed by atoms with E-state index >= 15 is 0 Å². The van der Waals surface area contributed by atoms with E-state index in [0.29, 0.717) is 36.8 Å². The van der Waals surface area contributed by atoms with Crippen molar-refractivity contribution in [3.63, 3.8) is 0 Å². The quantitative estimate of drug-likeness (QED) is 0.791. The van der Waals surface area contributed by atoms with Gasteiger partial charge in [-0.05, 0) is 44.2 Å². The zero-order valence-electron chi connectivity index (χ0n) is 19.3. The van der Waals surface area contributed by atoms with Gasteiger partial charge in [-0.1, -0.05) is 12.1 Å². The van der Waals surface area contributed by atoms with Gasteiger partial charge in [0.05, 0.1) is 31.0 Å². The fourth-order valence-electron chi connectivity index (χ4n) is 4.76. The summed E-state index contributed by atoms with van der Waals surface area (Å²) in [5.74, 6) is 2.02. The van der Waals surface area contributed by atoms with E-state index in [1.807, 2.05) is 37.1 Å². The van der Waals surface area contributed by atoms with E-state index in [2.05, 4.69) is 5.32 Å². The van der Waals surface area contributed by atoms with Gasteiger partial charge in [0.2, 0.25) is 5.91 Å². The fraction of sp³-hybridized carbons (Fsp3) is 0.500. The van der Waals surface area contributed by atoms with Gasteiger partial charge in [0.1, 0.15) is 11.6 Å². The fourth-order valence-corrected chi connectivity index (χ4v) is 4.76. The van der Waals surface area contributed by atoms with Crippen molar-refractivity contribution < 1.29 is 14.3 Å². The van der Waals surface area contributed by atoms with Crippen LogP contribution in [0.4, 0.5) is 5.82 Å². The molecule has 0 aliphatic carbocycles. The van der Waals surface area contributed by atoms with Crippen molar-refractivity contribution in [2.75, 3.05) is 32.6 Å². The summed E-state index contributed by atoms with van der Waals surface area (Å²) in [5, 5.41) is 3.20. The van der Waals surface area contributed by atoms with E-state index in [9.17, 15) is 9.59 Å². The van der Waals surface area contributed by atoms with Gasteiger partial charge in [0.15, 0.2) is 5.82 Å². The predicted molar refractivity (Wildman–Crippen MR) is 122 cm³/mol. The highest BCUT2D eigenvalue weighted by atomic mass is 16.5. The Bertz CT molecular complexity index is 1040. The molecule has 0 bridgehead atoms. The Morgan fingerprint density at radius 1 is 1.19 bits per heavy atom. The van der Waals surface area contributed by atoms with Gasteiger partial charge in [-0.25, -0.2) is 9.97 Å². The number of aryl methyl sites for hydroxylation is 1. The summed E-state index contributed by atoms with van der Waals surface area (Å²) < 4.78 is 5.55. The minimum absolute atomic E-state index is 0.0443. The molecule has 2 amide bonds. The number of hydrogen-bond donors (Lipinski definition) is 1. The first-order valence-electron chi connectivity index (χ1n) is 11.2. The maximum Gasteiger partial charge on any atom is 0.258 e. The molecule has 8 heteroatoms. The average Bonchev–Trinajstić information content (AvgIpc) is 2.82. The van der Waals surface area contributed by atoms with Crippen LogP contribution in [0.1, 0.15) is 65.2 Å². The SMILES string of the molecule is CNc1nc(C2CCCCN2C(=O)c2cccc(C)c2OC)nc2c1CCN(C(C)=O)C2. The number of carbonyl (C=O) groups is 2. The topological polar surface area (TPSA) is 87.7 Å². The van der Waals surface area contributed by atoms with Gasteiger partial charge in [-0.15, -0.1) is 0 Å². The number of fused-ring (bicyclic) bond motifs is 1. The lowest BCUT2D eigenvalue weighted by Gasteiger charge is -2.36. The van der Waals surface area contributed by atoms with Gasteiger partial charge in [-0.2, -0.15) is 0 Å². The molecule has 170 valence electrons. The van der Waals surface area contributed by atoms with Crippen molar-refractivity contribution in [3.05, 3.63) is 46.4 Å². The zero-order valence-corrected chi connectivity index (χ0v) is 19.3. The van der Waals surface area contributed by atoms with Gasteiger partial charge in [0, 0.05) is 32.6 Å². The Hall–Kier alpha value is -3.16. The minimum atomic E-state index is -0.216. The highest BCUT2D eigenvalue weighted by Gasteiger charge is 2.34. The Morgan fingerprint density at radius 3 is 2.72 bits per heavy atom. The number of anilines is 1. The standard InChI is InChI=1S/C24H31N5O3/c1-15-8-7-9-18(21(15)32-4)24(31)29-12-6-5-10-20(29)23-26-19-14-28(16(2)30)13-11-17(19)22(25-3)27-23/h7-9,20H,5-6,10-14H2,1-4H3,(H,25,26,27). The molecule has 4 rings (SSSR count). The van der Waals surface area contributed by atoms with E-state index in [4.69, 9.17) is 14.7 Å². The number of nitrogens with zero attached hydrogens (tertiary/aromatic N) is 4. The second-order valence-electron chi connectivity index (χ2n) is 8.46. The second-order valence-corrected chi connectivity index (χ2v) is 8.46. The lowest BCUT2D eigenvalue weighted by atomic mass is 9.98. The number of likely N-dealkylation sites (tertiary alicyclic amines) is 1. The molecule has 1 unspecified atom stereocenters. The van der Waals surface area contributed by atoms with Gasteiger partial charge < -0.3 is 19.9 Å². The molecule has 0 saturated carbocycles. The Labute approximate surface area is 189 Å². The monoisotopic (exact) mass is 437 g/mol. The van der Waals surface area contributed by atoms with E-state index in [1.54, 1.807) is 18.9 Å². The van der Waals surface area contributed by atoms with Crippen LogP contribution in [0.3, 0.4) is 0 Å². The maximum absolute atomic E-state index is 13.6.